The summed E-state index contributed by atoms with van der Waals surface area (Å²) in [6.07, 6.45) is -8.96. The van der Waals surface area contributed by atoms with Gasteiger partial charge in [-0.05, 0) is 6.07 Å². The molecule has 0 saturated carbocycles. The molecule has 20 heteroatoms. The lowest BCUT2D eigenvalue weighted by atomic mass is 9.99. The first kappa shape index (κ1) is 33.0. The molecule has 1 aromatic heterocycles. The van der Waals surface area contributed by atoms with Gasteiger partial charge in [-0.1, -0.05) is 21.6 Å². The number of alkyl halides is 1. The number of aliphatic hydroxyl groups is 5. The number of nitrogens with zero attached hydrogens (tertiary/aromatic N) is 2. The van der Waals surface area contributed by atoms with E-state index in [2.05, 4.69) is 4.98 Å². The van der Waals surface area contributed by atoms with Crippen LogP contribution in [0.4, 0.5) is 10.2 Å². The maximum atomic E-state index is 14.6. The fourth-order valence-electron chi connectivity index (χ4n) is 3.60. The van der Waals surface area contributed by atoms with Gasteiger partial charge in [-0.2, -0.15) is 4.98 Å². The molecule has 224 valence electrons. The molecule has 2 fully saturated rings. The van der Waals surface area contributed by atoms with E-state index in [1.807, 2.05) is 0 Å². The lowest BCUT2D eigenvalue weighted by Gasteiger charge is -2.39. The largest absolute Gasteiger partial charge is 0.472 e. The van der Waals surface area contributed by atoms with Crippen LogP contribution in [0, 0.1) is 0 Å². The Morgan fingerprint density at radius 2 is 1.82 bits per heavy atom. The molecule has 8 N–H and O–H groups in total. The van der Waals surface area contributed by atoms with Crippen molar-refractivity contribution in [1.82, 2.24) is 9.55 Å². The van der Waals surface area contributed by atoms with E-state index in [0.29, 0.717) is 5.75 Å². The summed E-state index contributed by atoms with van der Waals surface area (Å²) < 4.78 is 48.1. The Kier molecular flexibility index (Phi) is 12.8. The van der Waals surface area contributed by atoms with Crippen LogP contribution in [0.2, 0.25) is 0 Å². The minimum atomic E-state index is -4.51. The normalized spacial score (nSPS) is 34.7. The van der Waals surface area contributed by atoms with Crippen molar-refractivity contribution in [3.63, 3.8) is 0 Å². The first-order valence-electron chi connectivity index (χ1n) is 11.6. The third-order valence-corrected chi connectivity index (χ3v) is 10.5. The smallest absolute Gasteiger partial charge is 0.394 e. The van der Waals surface area contributed by atoms with Crippen molar-refractivity contribution in [1.29, 1.82) is 0 Å². The van der Waals surface area contributed by atoms with Gasteiger partial charge in [0.2, 0.25) is 0 Å². The van der Waals surface area contributed by atoms with Crippen molar-refractivity contribution in [3.8, 4) is 0 Å². The molecule has 0 radical (unpaired) electrons. The lowest BCUT2D eigenvalue weighted by molar-refractivity contribution is -0.299. The van der Waals surface area contributed by atoms with Gasteiger partial charge in [-0.25, -0.2) is 13.8 Å². The average Bonchev–Trinajstić information content (AvgIpc) is 3.17. The number of nitrogen functional groups attached to an aromatic ring is 1. The summed E-state index contributed by atoms with van der Waals surface area (Å²) in [6.45, 7) is -1.14. The Morgan fingerprint density at radius 1 is 1.13 bits per heavy atom. The molecule has 0 spiro atoms. The number of aromatic nitrogens is 2. The Bertz CT molecular complexity index is 1030. The van der Waals surface area contributed by atoms with Crippen LogP contribution in [0.15, 0.2) is 17.1 Å². The molecule has 0 bridgehead atoms. The first-order chi connectivity index (χ1) is 18.4. The molecule has 3 heterocycles. The maximum absolute atomic E-state index is 14.6. The van der Waals surface area contributed by atoms with Crippen LogP contribution in [0.25, 0.3) is 0 Å². The van der Waals surface area contributed by atoms with Crippen LogP contribution in [0.3, 0.4) is 0 Å². The quantitative estimate of drug-likeness (QED) is 0.0694. The van der Waals surface area contributed by atoms with Crippen LogP contribution in [-0.2, 0) is 23.1 Å². The number of ether oxygens (including phenoxy) is 2. The third kappa shape index (κ3) is 8.99. The Labute approximate surface area is 234 Å². The second-order valence-corrected chi connectivity index (χ2v) is 13.9. The van der Waals surface area contributed by atoms with Crippen LogP contribution in [-0.4, -0.2) is 126 Å². The summed E-state index contributed by atoms with van der Waals surface area (Å²) >= 11 is 0.854. The highest BCUT2D eigenvalue weighted by Crippen LogP contribution is 2.48. The number of nitrogens with two attached hydrogens (primary N) is 1. The maximum Gasteiger partial charge on any atom is 0.472 e. The number of halogens is 1. The summed E-state index contributed by atoms with van der Waals surface area (Å²) in [4.78, 5) is 25.4. The van der Waals surface area contributed by atoms with E-state index in [1.54, 1.807) is 0 Å². The van der Waals surface area contributed by atoms with E-state index < -0.39 is 80.3 Å². The zero-order valence-corrected chi connectivity index (χ0v) is 23.6. The molecule has 2 saturated heterocycles. The van der Waals surface area contributed by atoms with Crippen molar-refractivity contribution < 1.29 is 57.9 Å². The summed E-state index contributed by atoms with van der Waals surface area (Å²) in [5.41, 5.74) is 4.64. The Morgan fingerprint density at radius 3 is 2.49 bits per heavy atom. The predicted octanol–water partition coefficient (Wildman–Crippen LogP) is -1.53. The van der Waals surface area contributed by atoms with Crippen molar-refractivity contribution in [2.24, 2.45) is 0 Å². The molecule has 3 rings (SSSR count). The molecule has 10 atom stereocenters. The van der Waals surface area contributed by atoms with Gasteiger partial charge in [-0.15, -0.1) is 11.8 Å². The van der Waals surface area contributed by atoms with Crippen LogP contribution >= 0.6 is 41.2 Å². The fraction of sp³-hybridized carbons (Fsp3) is 0.789. The fourth-order valence-corrected chi connectivity index (χ4v) is 7.65. The van der Waals surface area contributed by atoms with Crippen molar-refractivity contribution in [2.75, 3.05) is 43.7 Å². The monoisotopic (exact) mass is 639 g/mol. The summed E-state index contributed by atoms with van der Waals surface area (Å²) in [5.74, 6) is 0.648. The minimum Gasteiger partial charge on any atom is -0.394 e. The third-order valence-electron chi connectivity index (χ3n) is 5.62. The molecule has 2 aliphatic heterocycles. The summed E-state index contributed by atoms with van der Waals surface area (Å²) in [7, 11) is -1.91. The van der Waals surface area contributed by atoms with E-state index in [-0.39, 0.29) is 24.8 Å². The standard InChI is InChI=1S/C19H31FN3O12PS3/c20-12-14(26)10(39-17(12)23-2-1-11(21)22-19(23)29)8-34-36(30,31)33-4-6-38-37-5-3-32-18-16(28)15(27)13(25)9(7-24)35-18/h1-2,9-10,12-18,24-28H,3-8H2,(H,30,31)(H2,21,22,29)/t9?,10-,12+,13-,14-,15+,16?,17-,18-/m1/s1. The summed E-state index contributed by atoms with van der Waals surface area (Å²) in [5, 5.41) is 46.7. The number of phosphoric ester groups is 1. The van der Waals surface area contributed by atoms with Gasteiger partial charge in [0, 0.05) is 17.7 Å². The van der Waals surface area contributed by atoms with Crippen molar-refractivity contribution >= 4 is 47.0 Å². The highest BCUT2D eigenvalue weighted by atomic mass is 33.1. The number of phosphoric acid groups is 1. The van der Waals surface area contributed by atoms with Crippen molar-refractivity contribution in [2.45, 2.75) is 53.6 Å². The number of hydrogen-bond acceptors (Lipinski definition) is 16. The van der Waals surface area contributed by atoms with Gasteiger partial charge in [0.15, 0.2) is 12.5 Å². The Hall–Kier alpha value is -0.510. The zero-order valence-electron chi connectivity index (χ0n) is 20.2. The highest BCUT2D eigenvalue weighted by molar-refractivity contribution is 8.76. The van der Waals surface area contributed by atoms with E-state index in [1.165, 1.54) is 33.9 Å². The zero-order chi connectivity index (χ0) is 28.7. The van der Waals surface area contributed by atoms with Gasteiger partial charge in [-0.3, -0.25) is 13.6 Å². The van der Waals surface area contributed by atoms with E-state index in [4.69, 9.17) is 24.3 Å². The van der Waals surface area contributed by atoms with Gasteiger partial charge in [0.1, 0.15) is 41.7 Å². The number of hydrogen-bond donors (Lipinski definition) is 7. The average molecular weight is 640 g/mol. The molecule has 0 aliphatic carbocycles. The Balaban J connectivity index is 1.30. The lowest BCUT2D eigenvalue weighted by Crippen LogP contribution is -2.59. The highest BCUT2D eigenvalue weighted by Gasteiger charge is 2.46. The first-order valence-corrected chi connectivity index (χ1v) is 16.5. The van der Waals surface area contributed by atoms with Crippen molar-refractivity contribution in [3.05, 3.63) is 22.7 Å². The molecule has 3 unspecified atom stereocenters. The van der Waals surface area contributed by atoms with E-state index >= 15 is 0 Å². The van der Waals surface area contributed by atoms with Gasteiger partial charge < -0.3 is 45.6 Å². The van der Waals surface area contributed by atoms with E-state index in [0.717, 1.165) is 16.3 Å². The molecular weight excluding hydrogens is 608 g/mol. The topological polar surface area (TPSA) is 236 Å². The van der Waals surface area contributed by atoms with Crippen LogP contribution in [0.1, 0.15) is 5.37 Å². The molecule has 1 aromatic rings. The molecular formula is C19H31FN3O12PS3. The van der Waals surface area contributed by atoms with Gasteiger partial charge in [0.05, 0.1) is 31.7 Å². The minimum absolute atomic E-state index is 0.0357. The molecule has 0 aromatic carbocycles. The van der Waals surface area contributed by atoms with Gasteiger partial charge in [0.25, 0.3) is 0 Å². The summed E-state index contributed by atoms with van der Waals surface area (Å²) in [6, 6.07) is 1.31. The van der Waals surface area contributed by atoms with Crippen LogP contribution in [0.5, 0.6) is 0 Å². The second-order valence-electron chi connectivity index (χ2n) is 8.35. The number of rotatable bonds is 14. The molecule has 0 amide bonds. The van der Waals surface area contributed by atoms with Gasteiger partial charge >= 0.3 is 13.5 Å². The predicted molar refractivity (Wildman–Crippen MR) is 141 cm³/mol. The molecule has 15 nitrogen and oxygen atoms in total. The molecule has 2 aliphatic rings. The number of anilines is 1. The molecule has 39 heavy (non-hydrogen) atoms. The second kappa shape index (κ2) is 15.1. The SMILES string of the molecule is Nc1ccn([C@@H]2S[C@H](COP(=O)(O)OCCSSCCO[C@@H]3OC(CO)[C@@H](O)[C@H](O)C3O)[C@@H](O)[C@@H]2F)c(=O)n1. The van der Waals surface area contributed by atoms with E-state index in [9.17, 15) is 44.2 Å². The van der Waals surface area contributed by atoms with Crippen LogP contribution < -0.4 is 11.4 Å². The number of thioether (sulfide) groups is 1. The number of aliphatic hydroxyl groups excluding tert-OH is 5.